The van der Waals surface area contributed by atoms with E-state index < -0.39 is 0 Å². The van der Waals surface area contributed by atoms with E-state index in [-0.39, 0.29) is 11.8 Å². The fraction of sp³-hybridized carbons (Fsp3) is 0.263. The molecule has 1 atom stereocenters. The highest BCUT2D eigenvalue weighted by molar-refractivity contribution is 5.94. The summed E-state index contributed by atoms with van der Waals surface area (Å²) in [6, 6.07) is 13.1. The third kappa shape index (κ3) is 3.15. The lowest BCUT2D eigenvalue weighted by atomic mass is 10.1. The van der Waals surface area contributed by atoms with Gasteiger partial charge in [-0.15, -0.1) is 0 Å². The van der Waals surface area contributed by atoms with E-state index in [9.17, 15) is 4.79 Å². The smallest absolute Gasteiger partial charge is 0.255 e. The lowest BCUT2D eigenvalue weighted by Gasteiger charge is -2.15. The number of rotatable bonds is 4. The molecule has 1 saturated heterocycles. The number of benzene rings is 1. The van der Waals surface area contributed by atoms with Gasteiger partial charge in [0, 0.05) is 30.9 Å². The first-order valence-corrected chi connectivity index (χ1v) is 8.43. The van der Waals surface area contributed by atoms with Gasteiger partial charge in [-0.3, -0.25) is 4.79 Å². The quantitative estimate of drug-likeness (QED) is 0.720. The fourth-order valence-corrected chi connectivity index (χ4v) is 3.06. The summed E-state index contributed by atoms with van der Waals surface area (Å²) in [7, 11) is 1.54. The molecule has 0 aliphatic carbocycles. The van der Waals surface area contributed by atoms with Crippen molar-refractivity contribution in [1.29, 1.82) is 0 Å². The number of methoxy groups -OCH3 is 1. The molecule has 26 heavy (non-hydrogen) atoms. The Bertz CT molecular complexity index is 893. The normalized spacial score (nSPS) is 16.7. The summed E-state index contributed by atoms with van der Waals surface area (Å²) < 4.78 is 10.5. The van der Waals surface area contributed by atoms with Gasteiger partial charge in [0.25, 0.3) is 5.91 Å². The second kappa shape index (κ2) is 6.95. The first kappa shape index (κ1) is 16.3. The average molecular weight is 350 g/mol. The third-order valence-corrected chi connectivity index (χ3v) is 4.49. The Kier molecular flexibility index (Phi) is 4.35. The maximum atomic E-state index is 12.6. The predicted octanol–water partition coefficient (Wildman–Crippen LogP) is 2.77. The maximum absolute atomic E-state index is 12.6. The van der Waals surface area contributed by atoms with Crippen LogP contribution in [0.1, 0.15) is 28.6 Å². The third-order valence-electron chi connectivity index (χ3n) is 4.49. The first-order valence-electron chi connectivity index (χ1n) is 8.43. The summed E-state index contributed by atoms with van der Waals surface area (Å²) in [5.74, 6) is 1.64. The van der Waals surface area contributed by atoms with Gasteiger partial charge in [0.05, 0.1) is 18.6 Å². The van der Waals surface area contributed by atoms with Gasteiger partial charge in [-0.05, 0) is 12.5 Å². The van der Waals surface area contributed by atoms with Crippen LogP contribution in [0.4, 0.5) is 0 Å². The zero-order chi connectivity index (χ0) is 17.9. The van der Waals surface area contributed by atoms with Gasteiger partial charge >= 0.3 is 0 Å². The highest BCUT2D eigenvalue weighted by Gasteiger charge is 2.31. The van der Waals surface area contributed by atoms with E-state index in [4.69, 9.17) is 9.26 Å². The van der Waals surface area contributed by atoms with Gasteiger partial charge in [0.2, 0.25) is 17.6 Å². The van der Waals surface area contributed by atoms with Crippen LogP contribution in [0.25, 0.3) is 11.4 Å². The molecule has 0 saturated carbocycles. The van der Waals surface area contributed by atoms with Crippen LogP contribution >= 0.6 is 0 Å². The summed E-state index contributed by atoms with van der Waals surface area (Å²) >= 11 is 0. The molecule has 1 amide bonds. The minimum absolute atomic E-state index is 0.0505. The second-order valence-corrected chi connectivity index (χ2v) is 6.15. The Morgan fingerprint density at radius 1 is 1.23 bits per heavy atom. The van der Waals surface area contributed by atoms with Gasteiger partial charge in [0.15, 0.2) is 0 Å². The summed E-state index contributed by atoms with van der Waals surface area (Å²) in [5.41, 5.74) is 1.46. The molecule has 3 aromatic rings. The number of ether oxygens (including phenoxy) is 1. The predicted molar refractivity (Wildman–Crippen MR) is 93.8 cm³/mol. The van der Waals surface area contributed by atoms with Crippen molar-refractivity contribution in [1.82, 2.24) is 20.0 Å². The molecule has 0 radical (unpaired) electrons. The molecule has 2 aromatic heterocycles. The minimum atomic E-state index is -0.0505. The van der Waals surface area contributed by atoms with E-state index in [0.717, 1.165) is 12.0 Å². The first-order chi connectivity index (χ1) is 12.7. The van der Waals surface area contributed by atoms with Crippen molar-refractivity contribution in [3.63, 3.8) is 0 Å². The Morgan fingerprint density at radius 3 is 2.81 bits per heavy atom. The SMILES string of the molecule is COc1ccc(C(=O)N2CCC(c3nc(-c4ccccc4)no3)C2)cn1. The zero-order valence-electron chi connectivity index (χ0n) is 14.3. The van der Waals surface area contributed by atoms with Crippen molar-refractivity contribution < 1.29 is 14.1 Å². The van der Waals surface area contributed by atoms with E-state index in [1.165, 1.54) is 6.20 Å². The van der Waals surface area contributed by atoms with E-state index in [0.29, 0.717) is 36.2 Å². The molecule has 3 heterocycles. The van der Waals surface area contributed by atoms with Crippen LogP contribution in [-0.4, -0.2) is 46.1 Å². The molecule has 1 unspecified atom stereocenters. The molecule has 1 aliphatic rings. The number of likely N-dealkylation sites (tertiary alicyclic amines) is 1. The number of carbonyl (C=O) groups is 1. The van der Waals surface area contributed by atoms with Gasteiger partial charge in [0.1, 0.15) is 0 Å². The lowest BCUT2D eigenvalue weighted by Crippen LogP contribution is -2.28. The number of carbonyl (C=O) groups excluding carboxylic acids is 1. The highest BCUT2D eigenvalue weighted by Crippen LogP contribution is 2.28. The van der Waals surface area contributed by atoms with E-state index in [1.807, 2.05) is 30.3 Å². The fourth-order valence-electron chi connectivity index (χ4n) is 3.06. The van der Waals surface area contributed by atoms with Crippen LogP contribution in [0.15, 0.2) is 53.2 Å². The number of nitrogens with zero attached hydrogens (tertiary/aromatic N) is 4. The molecular formula is C19H18N4O3. The van der Waals surface area contributed by atoms with Crippen molar-refractivity contribution in [2.24, 2.45) is 0 Å². The lowest BCUT2D eigenvalue weighted by molar-refractivity contribution is 0.0789. The van der Waals surface area contributed by atoms with Crippen LogP contribution in [0, 0.1) is 0 Å². The molecule has 132 valence electrons. The number of hydrogen-bond donors (Lipinski definition) is 0. The van der Waals surface area contributed by atoms with Crippen molar-refractivity contribution in [2.45, 2.75) is 12.3 Å². The summed E-state index contributed by atoms with van der Waals surface area (Å²) in [6.07, 6.45) is 2.33. The number of pyridine rings is 1. The second-order valence-electron chi connectivity index (χ2n) is 6.15. The van der Waals surface area contributed by atoms with E-state index in [1.54, 1.807) is 24.1 Å². The number of amides is 1. The maximum Gasteiger partial charge on any atom is 0.255 e. The zero-order valence-corrected chi connectivity index (χ0v) is 14.3. The van der Waals surface area contributed by atoms with Crippen molar-refractivity contribution in [3.8, 4) is 17.3 Å². The largest absolute Gasteiger partial charge is 0.481 e. The van der Waals surface area contributed by atoms with Crippen LogP contribution in [-0.2, 0) is 0 Å². The standard InChI is InChI=1S/C19H18N4O3/c1-25-16-8-7-14(11-20-16)19(24)23-10-9-15(12-23)18-21-17(22-26-18)13-5-3-2-4-6-13/h2-8,11,15H,9-10,12H2,1H3. The van der Waals surface area contributed by atoms with Crippen molar-refractivity contribution in [2.75, 3.05) is 20.2 Å². The Balaban J connectivity index is 1.45. The van der Waals surface area contributed by atoms with Gasteiger partial charge < -0.3 is 14.2 Å². The Hall–Kier alpha value is -3.22. The summed E-state index contributed by atoms with van der Waals surface area (Å²) in [4.78, 5) is 23.0. The number of aromatic nitrogens is 3. The molecular weight excluding hydrogens is 332 g/mol. The van der Waals surface area contributed by atoms with Crippen molar-refractivity contribution >= 4 is 5.91 Å². The molecule has 7 heteroatoms. The van der Waals surface area contributed by atoms with Gasteiger partial charge in [-0.2, -0.15) is 4.98 Å². The molecule has 1 aliphatic heterocycles. The average Bonchev–Trinajstić information content (AvgIpc) is 3.38. The summed E-state index contributed by atoms with van der Waals surface area (Å²) in [6.45, 7) is 1.21. The monoisotopic (exact) mass is 350 g/mol. The van der Waals surface area contributed by atoms with E-state index >= 15 is 0 Å². The van der Waals surface area contributed by atoms with Crippen molar-refractivity contribution in [3.05, 3.63) is 60.1 Å². The number of hydrogen-bond acceptors (Lipinski definition) is 6. The molecule has 0 N–H and O–H groups in total. The van der Waals surface area contributed by atoms with Crippen LogP contribution in [0.3, 0.4) is 0 Å². The highest BCUT2D eigenvalue weighted by atomic mass is 16.5. The molecule has 4 rings (SSSR count). The Morgan fingerprint density at radius 2 is 2.08 bits per heavy atom. The molecule has 1 fully saturated rings. The van der Waals surface area contributed by atoms with Crippen LogP contribution in [0.5, 0.6) is 5.88 Å². The Labute approximate surface area is 150 Å². The topological polar surface area (TPSA) is 81.4 Å². The van der Waals surface area contributed by atoms with Crippen LogP contribution in [0.2, 0.25) is 0 Å². The molecule has 0 bridgehead atoms. The molecule has 7 nitrogen and oxygen atoms in total. The van der Waals surface area contributed by atoms with E-state index in [2.05, 4.69) is 15.1 Å². The van der Waals surface area contributed by atoms with Gasteiger partial charge in [-0.25, -0.2) is 4.98 Å². The molecule has 0 spiro atoms. The van der Waals surface area contributed by atoms with Crippen LogP contribution < -0.4 is 4.74 Å². The molecule has 1 aromatic carbocycles. The summed E-state index contributed by atoms with van der Waals surface area (Å²) in [5, 5.41) is 4.06. The minimum Gasteiger partial charge on any atom is -0.481 e. The van der Waals surface area contributed by atoms with Gasteiger partial charge in [-0.1, -0.05) is 35.5 Å².